The molecule has 0 aliphatic heterocycles. The highest BCUT2D eigenvalue weighted by molar-refractivity contribution is 7.99. The number of rotatable bonds is 45. The van der Waals surface area contributed by atoms with Gasteiger partial charge in [-0.25, -0.2) is 4.79 Å². The molecule has 352 valence electrons. The number of carbonyl (C=O) groups excluding carboxylic acids is 2. The average molecular weight is 877 g/mol. The highest BCUT2D eigenvalue weighted by Crippen LogP contribution is 2.17. The summed E-state index contributed by atoms with van der Waals surface area (Å²) in [6, 6.07) is 4.85. The molecule has 0 radical (unpaired) electrons. The minimum atomic E-state index is -1.31. The Kier molecular flexibility index (Phi) is 38.3. The summed E-state index contributed by atoms with van der Waals surface area (Å²) < 4.78 is 12.4. The van der Waals surface area contributed by atoms with Crippen LogP contribution in [0.1, 0.15) is 223 Å². The maximum absolute atomic E-state index is 12.7. The van der Waals surface area contributed by atoms with Gasteiger partial charge in [-0.2, -0.15) is 11.8 Å². The van der Waals surface area contributed by atoms with Crippen LogP contribution in [0.5, 0.6) is 0 Å². The molecule has 0 bridgehead atoms. The van der Waals surface area contributed by atoms with Crippen LogP contribution in [-0.2, 0) is 23.9 Å². The first-order valence-corrected chi connectivity index (χ1v) is 25.8. The van der Waals surface area contributed by atoms with Gasteiger partial charge in [-0.15, -0.1) is 0 Å². The van der Waals surface area contributed by atoms with Gasteiger partial charge in [0.15, 0.2) is 0 Å². The molecule has 1 aromatic rings. The topological polar surface area (TPSA) is 151 Å². The molecule has 1 aromatic carbocycles. The first-order chi connectivity index (χ1) is 29.8. The van der Waals surface area contributed by atoms with Crippen molar-refractivity contribution in [3.8, 4) is 0 Å². The van der Waals surface area contributed by atoms with Gasteiger partial charge in [-0.05, 0) is 43.5 Å². The molecule has 2 amide bonds. The van der Waals surface area contributed by atoms with E-state index in [4.69, 9.17) is 14.6 Å². The zero-order valence-corrected chi connectivity index (χ0v) is 39.5. The minimum absolute atomic E-state index is 0.00905. The van der Waals surface area contributed by atoms with E-state index in [1.807, 2.05) is 0 Å². The van der Waals surface area contributed by atoms with Crippen molar-refractivity contribution >= 4 is 41.2 Å². The van der Waals surface area contributed by atoms with Crippen LogP contribution in [0.25, 0.3) is 0 Å². The lowest BCUT2D eigenvalue weighted by molar-refractivity contribution is -0.140. The van der Waals surface area contributed by atoms with E-state index in [0.717, 1.165) is 31.8 Å². The van der Waals surface area contributed by atoms with E-state index in [2.05, 4.69) is 24.5 Å². The van der Waals surface area contributed by atoms with E-state index < -0.39 is 23.9 Å². The van der Waals surface area contributed by atoms with Gasteiger partial charge in [0.1, 0.15) is 6.04 Å². The molecule has 10 nitrogen and oxygen atoms in total. The summed E-state index contributed by atoms with van der Waals surface area (Å²) in [5, 5.41) is 23.4. The number of nitrogens with one attached hydrogen (secondary N) is 2. The van der Waals surface area contributed by atoms with Crippen LogP contribution in [0.15, 0.2) is 24.3 Å². The normalized spacial score (nSPS) is 12.3. The zero-order valence-electron chi connectivity index (χ0n) is 38.7. The fraction of sp³-hybridized carbons (Fsp3) is 0.800. The number of carbonyl (C=O) groups is 4. The highest BCUT2D eigenvalue weighted by Gasteiger charge is 2.21. The Bertz CT molecular complexity index is 1220. The van der Waals surface area contributed by atoms with Gasteiger partial charge in [-0.1, -0.05) is 181 Å². The van der Waals surface area contributed by atoms with Crippen LogP contribution in [-0.4, -0.2) is 77.4 Å². The first kappa shape index (κ1) is 56.4. The Balaban J connectivity index is 2.36. The van der Waals surface area contributed by atoms with E-state index in [-0.39, 0.29) is 30.4 Å². The summed E-state index contributed by atoms with van der Waals surface area (Å²) in [6.07, 6.45) is 37.0. The summed E-state index contributed by atoms with van der Waals surface area (Å²) in [5.74, 6) is -1.81. The lowest BCUT2D eigenvalue weighted by Gasteiger charge is -2.18. The van der Waals surface area contributed by atoms with Crippen molar-refractivity contribution in [2.45, 2.75) is 225 Å². The van der Waals surface area contributed by atoms with Gasteiger partial charge in [-0.3, -0.25) is 14.4 Å². The Labute approximate surface area is 375 Å². The second kappa shape index (κ2) is 41.4. The van der Waals surface area contributed by atoms with Gasteiger partial charge < -0.3 is 30.3 Å². The minimum Gasteiger partial charge on any atom is -0.481 e. The van der Waals surface area contributed by atoms with Gasteiger partial charge >= 0.3 is 11.9 Å². The summed E-state index contributed by atoms with van der Waals surface area (Å²) in [5.41, 5.74) is 0.736. The molecule has 2 atom stereocenters. The van der Waals surface area contributed by atoms with Crippen LogP contribution >= 0.6 is 11.8 Å². The van der Waals surface area contributed by atoms with E-state index in [1.54, 1.807) is 23.9 Å². The Morgan fingerprint density at radius 2 is 1.03 bits per heavy atom. The average Bonchev–Trinajstić information content (AvgIpc) is 3.24. The fourth-order valence-corrected chi connectivity index (χ4v) is 8.33. The molecule has 0 saturated heterocycles. The molecule has 0 aliphatic rings. The smallest absolute Gasteiger partial charge is 0.326 e. The SMILES string of the molecule is CCCCCCCCCCCCCCCCOCC(CSCCC(=O)Nc1ccc(C(=O)N[C@@H](CCC(=O)O)C(=O)O)cc1)OCCCCCCCCCCCCCCCC. The van der Waals surface area contributed by atoms with Crippen LogP contribution in [0, 0.1) is 0 Å². The second-order valence-electron chi connectivity index (χ2n) is 17.0. The van der Waals surface area contributed by atoms with Crippen molar-refractivity contribution in [1.29, 1.82) is 0 Å². The number of carboxylic acids is 2. The number of amides is 2. The maximum atomic E-state index is 12.7. The molecular formula is C50H88N2O8S. The number of thioether (sulfide) groups is 1. The van der Waals surface area contributed by atoms with Crippen molar-refractivity contribution in [2.75, 3.05) is 36.6 Å². The van der Waals surface area contributed by atoms with Gasteiger partial charge in [0, 0.05) is 48.8 Å². The van der Waals surface area contributed by atoms with Crippen LogP contribution in [0.3, 0.4) is 0 Å². The lowest BCUT2D eigenvalue weighted by atomic mass is 10.0. The number of benzene rings is 1. The molecule has 0 aromatic heterocycles. The van der Waals surface area contributed by atoms with Crippen LogP contribution < -0.4 is 10.6 Å². The Hall–Kier alpha value is -2.63. The van der Waals surface area contributed by atoms with Crippen molar-refractivity contribution in [3.63, 3.8) is 0 Å². The van der Waals surface area contributed by atoms with Crippen molar-refractivity contribution in [2.24, 2.45) is 0 Å². The van der Waals surface area contributed by atoms with Gasteiger partial charge in [0.25, 0.3) is 5.91 Å². The molecule has 4 N–H and O–H groups in total. The molecule has 0 aliphatic carbocycles. The second-order valence-corrected chi connectivity index (χ2v) is 18.2. The molecule has 0 fully saturated rings. The molecule has 0 heterocycles. The monoisotopic (exact) mass is 877 g/mol. The van der Waals surface area contributed by atoms with Crippen molar-refractivity contribution in [1.82, 2.24) is 5.32 Å². The fourth-order valence-electron chi connectivity index (χ4n) is 7.38. The van der Waals surface area contributed by atoms with E-state index in [9.17, 15) is 24.3 Å². The number of ether oxygens (including phenoxy) is 2. The van der Waals surface area contributed by atoms with Gasteiger partial charge in [0.05, 0.1) is 12.7 Å². The summed E-state index contributed by atoms with van der Waals surface area (Å²) >= 11 is 1.69. The predicted octanol–water partition coefficient (Wildman–Crippen LogP) is 13.2. The van der Waals surface area contributed by atoms with E-state index >= 15 is 0 Å². The molecule has 61 heavy (non-hydrogen) atoms. The molecule has 1 unspecified atom stereocenters. The molecule has 1 rings (SSSR count). The number of anilines is 1. The summed E-state index contributed by atoms with van der Waals surface area (Å²) in [7, 11) is 0. The highest BCUT2D eigenvalue weighted by atomic mass is 32.2. The standard InChI is InChI=1S/C50H88N2O8S/c1-3-5-7-9-11-13-15-17-19-21-23-25-27-29-38-59-41-45(60-39-30-28-26-24-22-20-18-16-14-12-10-8-6-4-2)42-61-40-37-47(53)51-44-33-31-43(32-34-44)49(56)52-46(50(57)58)35-36-48(54)55/h31-34,45-46H,3-30,35-42H2,1-2H3,(H,51,53)(H,52,56)(H,54,55)(H,57,58)/t45?,46-/m0/s1. The third kappa shape index (κ3) is 35.5. The predicted molar refractivity (Wildman–Crippen MR) is 254 cm³/mol. The third-order valence-corrected chi connectivity index (χ3v) is 12.4. The van der Waals surface area contributed by atoms with Crippen molar-refractivity contribution < 1.29 is 38.9 Å². The number of unbranched alkanes of at least 4 members (excludes halogenated alkanes) is 26. The summed E-state index contributed by atoms with van der Waals surface area (Å²) in [6.45, 7) is 6.62. The largest absolute Gasteiger partial charge is 0.481 e. The number of aliphatic carboxylic acids is 2. The number of hydrogen-bond acceptors (Lipinski definition) is 7. The number of carboxylic acid groups (broad SMARTS) is 2. The van der Waals surface area contributed by atoms with Crippen molar-refractivity contribution in [3.05, 3.63) is 29.8 Å². The van der Waals surface area contributed by atoms with Crippen LogP contribution in [0.2, 0.25) is 0 Å². The third-order valence-electron chi connectivity index (χ3n) is 11.3. The molecule has 11 heteroatoms. The number of hydrogen-bond donors (Lipinski definition) is 4. The molecule has 0 spiro atoms. The first-order valence-electron chi connectivity index (χ1n) is 24.7. The molecule has 0 saturated carbocycles. The lowest BCUT2D eigenvalue weighted by Crippen LogP contribution is -2.41. The van der Waals surface area contributed by atoms with Gasteiger partial charge in [0.2, 0.25) is 5.91 Å². The maximum Gasteiger partial charge on any atom is 0.326 e. The van der Waals surface area contributed by atoms with E-state index in [0.29, 0.717) is 24.5 Å². The summed E-state index contributed by atoms with van der Waals surface area (Å²) in [4.78, 5) is 47.5. The van der Waals surface area contributed by atoms with Crippen LogP contribution in [0.4, 0.5) is 5.69 Å². The molecular weight excluding hydrogens is 789 g/mol. The Morgan fingerprint density at radius 1 is 0.590 bits per heavy atom. The Morgan fingerprint density at radius 3 is 1.48 bits per heavy atom. The quantitative estimate of drug-likeness (QED) is 0.0469. The zero-order chi connectivity index (χ0) is 44.4. The van der Waals surface area contributed by atoms with E-state index in [1.165, 1.54) is 179 Å².